The van der Waals surface area contributed by atoms with E-state index >= 15 is 0 Å². The highest BCUT2D eigenvalue weighted by Gasteiger charge is 2.35. The Bertz CT molecular complexity index is 348. The van der Waals surface area contributed by atoms with Gasteiger partial charge in [-0.05, 0) is 6.07 Å². The van der Waals surface area contributed by atoms with Gasteiger partial charge in [-0.1, -0.05) is 0 Å². The van der Waals surface area contributed by atoms with E-state index < -0.39 is 23.3 Å². The molecule has 0 aliphatic heterocycles. The van der Waals surface area contributed by atoms with Crippen LogP contribution in [0.15, 0.2) is 12.1 Å². The van der Waals surface area contributed by atoms with Gasteiger partial charge >= 0.3 is 6.18 Å². The molecule has 1 aromatic carbocycles. The lowest BCUT2D eigenvalue weighted by atomic mass is 10.1. The van der Waals surface area contributed by atoms with Crippen LogP contribution in [0.4, 0.5) is 23.2 Å². The lowest BCUT2D eigenvalue weighted by molar-refractivity contribution is -0.140. The third-order valence-electron chi connectivity index (χ3n) is 1.59. The Hall–Kier alpha value is -1.46. The maximum absolute atomic E-state index is 13.0. The zero-order valence-electron chi connectivity index (χ0n) is 7.15. The van der Waals surface area contributed by atoms with Gasteiger partial charge in [-0.2, -0.15) is 13.2 Å². The van der Waals surface area contributed by atoms with Crippen LogP contribution in [0.1, 0.15) is 5.56 Å². The van der Waals surface area contributed by atoms with Crippen LogP contribution in [0.25, 0.3) is 0 Å². The van der Waals surface area contributed by atoms with Gasteiger partial charge in [0.05, 0.1) is 12.7 Å². The lowest BCUT2D eigenvalue weighted by Gasteiger charge is -2.11. The summed E-state index contributed by atoms with van der Waals surface area (Å²) in [5, 5.41) is 0. The van der Waals surface area contributed by atoms with E-state index in [-0.39, 0.29) is 5.69 Å². The molecule has 2 N–H and O–H groups in total. The molecule has 0 heterocycles. The molecule has 0 spiro atoms. The van der Waals surface area contributed by atoms with Crippen LogP contribution in [0, 0.1) is 5.82 Å². The first-order chi connectivity index (χ1) is 6.36. The fourth-order valence-electron chi connectivity index (χ4n) is 0.974. The standard InChI is InChI=1S/C8H7F4NO/c1-14-6-3-4(13)2-5(7(6)9)8(10,11)12/h2-3H,13H2,1H3. The molecule has 0 saturated carbocycles. The van der Waals surface area contributed by atoms with Crippen LogP contribution in [-0.4, -0.2) is 7.11 Å². The monoisotopic (exact) mass is 209 g/mol. The van der Waals surface area contributed by atoms with Crippen molar-refractivity contribution >= 4 is 5.69 Å². The first-order valence-corrected chi connectivity index (χ1v) is 3.56. The number of halogens is 4. The highest BCUT2D eigenvalue weighted by Crippen LogP contribution is 2.36. The molecule has 0 amide bonds. The van der Waals surface area contributed by atoms with Gasteiger partial charge in [0.15, 0.2) is 11.6 Å². The summed E-state index contributed by atoms with van der Waals surface area (Å²) in [6.07, 6.45) is -4.77. The smallest absolute Gasteiger partial charge is 0.419 e. The van der Waals surface area contributed by atoms with Crippen LogP contribution in [0.5, 0.6) is 5.75 Å². The van der Waals surface area contributed by atoms with Crippen molar-refractivity contribution in [1.82, 2.24) is 0 Å². The Labute approximate surface area is 77.3 Å². The molecule has 2 nitrogen and oxygen atoms in total. The van der Waals surface area contributed by atoms with E-state index in [1.54, 1.807) is 0 Å². The van der Waals surface area contributed by atoms with E-state index in [1.165, 1.54) is 0 Å². The van der Waals surface area contributed by atoms with E-state index in [2.05, 4.69) is 4.74 Å². The molecule has 0 aliphatic rings. The molecule has 6 heteroatoms. The van der Waals surface area contributed by atoms with Gasteiger partial charge in [-0.3, -0.25) is 0 Å². The summed E-state index contributed by atoms with van der Waals surface area (Å²) >= 11 is 0. The molecule has 14 heavy (non-hydrogen) atoms. The van der Waals surface area contributed by atoms with Crippen molar-refractivity contribution in [2.75, 3.05) is 12.8 Å². The quantitative estimate of drug-likeness (QED) is 0.569. The zero-order valence-corrected chi connectivity index (χ0v) is 7.15. The van der Waals surface area contributed by atoms with E-state index in [0.29, 0.717) is 6.07 Å². The number of alkyl halides is 3. The van der Waals surface area contributed by atoms with Gasteiger partial charge in [0.2, 0.25) is 0 Å². The Morgan fingerprint density at radius 1 is 1.29 bits per heavy atom. The van der Waals surface area contributed by atoms with Crippen LogP contribution in [0.3, 0.4) is 0 Å². The number of benzene rings is 1. The van der Waals surface area contributed by atoms with Gasteiger partial charge < -0.3 is 10.5 Å². The minimum Gasteiger partial charge on any atom is -0.494 e. The third kappa shape index (κ3) is 1.89. The van der Waals surface area contributed by atoms with Crippen molar-refractivity contribution in [2.24, 2.45) is 0 Å². The highest BCUT2D eigenvalue weighted by atomic mass is 19.4. The SMILES string of the molecule is COc1cc(N)cc(C(F)(F)F)c1F. The zero-order chi connectivity index (χ0) is 10.9. The number of methoxy groups -OCH3 is 1. The summed E-state index contributed by atoms with van der Waals surface area (Å²) in [6.45, 7) is 0. The number of nitrogens with two attached hydrogens (primary N) is 1. The highest BCUT2D eigenvalue weighted by molar-refractivity contribution is 5.49. The summed E-state index contributed by atoms with van der Waals surface area (Å²) in [5.41, 5.74) is 3.53. The second-order valence-electron chi connectivity index (χ2n) is 2.58. The Balaban J connectivity index is 3.37. The van der Waals surface area contributed by atoms with Crippen molar-refractivity contribution in [1.29, 1.82) is 0 Å². The number of hydrogen-bond donors (Lipinski definition) is 1. The van der Waals surface area contributed by atoms with Crippen molar-refractivity contribution in [2.45, 2.75) is 6.18 Å². The number of rotatable bonds is 1. The first kappa shape index (κ1) is 10.6. The molecular formula is C8H7F4NO. The summed E-state index contributed by atoms with van der Waals surface area (Å²) in [4.78, 5) is 0. The van der Waals surface area contributed by atoms with Gasteiger partial charge in [0.1, 0.15) is 0 Å². The van der Waals surface area contributed by atoms with Crippen molar-refractivity contribution < 1.29 is 22.3 Å². The van der Waals surface area contributed by atoms with Crippen LogP contribution >= 0.6 is 0 Å². The molecule has 0 saturated heterocycles. The van der Waals surface area contributed by atoms with Crippen LogP contribution in [-0.2, 0) is 6.18 Å². The second kappa shape index (κ2) is 3.36. The molecule has 0 aromatic heterocycles. The fourth-order valence-corrected chi connectivity index (χ4v) is 0.974. The molecule has 0 aliphatic carbocycles. The number of ether oxygens (including phenoxy) is 1. The van der Waals surface area contributed by atoms with E-state index in [1.807, 2.05) is 0 Å². The molecule has 0 atom stereocenters. The van der Waals surface area contributed by atoms with Gasteiger partial charge in [0, 0.05) is 11.8 Å². The summed E-state index contributed by atoms with van der Waals surface area (Å²) in [7, 11) is 1.07. The van der Waals surface area contributed by atoms with Crippen molar-refractivity contribution in [3.8, 4) is 5.75 Å². The Morgan fingerprint density at radius 2 is 1.86 bits per heavy atom. The van der Waals surface area contributed by atoms with Gasteiger partial charge in [0.25, 0.3) is 0 Å². The average Bonchev–Trinajstić information content (AvgIpc) is 2.06. The molecular weight excluding hydrogens is 202 g/mol. The Kier molecular flexibility index (Phi) is 2.55. The topological polar surface area (TPSA) is 35.2 Å². The minimum absolute atomic E-state index is 0.199. The van der Waals surface area contributed by atoms with Crippen molar-refractivity contribution in [3.05, 3.63) is 23.5 Å². The predicted molar refractivity (Wildman–Crippen MR) is 42.4 cm³/mol. The molecule has 78 valence electrons. The summed E-state index contributed by atoms with van der Waals surface area (Å²) < 4.78 is 54.0. The van der Waals surface area contributed by atoms with Crippen LogP contribution in [0.2, 0.25) is 0 Å². The normalized spacial score (nSPS) is 11.5. The maximum atomic E-state index is 13.0. The molecule has 1 aromatic rings. The minimum atomic E-state index is -4.77. The first-order valence-electron chi connectivity index (χ1n) is 3.56. The van der Waals surface area contributed by atoms with Gasteiger partial charge in [-0.25, -0.2) is 4.39 Å². The third-order valence-corrected chi connectivity index (χ3v) is 1.59. The van der Waals surface area contributed by atoms with Crippen molar-refractivity contribution in [3.63, 3.8) is 0 Å². The number of anilines is 1. The number of hydrogen-bond acceptors (Lipinski definition) is 2. The molecule has 0 fully saturated rings. The summed E-state index contributed by atoms with van der Waals surface area (Å²) in [5.74, 6) is -1.97. The summed E-state index contributed by atoms with van der Waals surface area (Å²) in [6, 6.07) is 1.52. The largest absolute Gasteiger partial charge is 0.494 e. The van der Waals surface area contributed by atoms with E-state index in [9.17, 15) is 17.6 Å². The lowest BCUT2D eigenvalue weighted by Crippen LogP contribution is -2.10. The molecule has 0 unspecified atom stereocenters. The second-order valence-corrected chi connectivity index (χ2v) is 2.58. The molecule has 0 radical (unpaired) electrons. The fraction of sp³-hybridized carbons (Fsp3) is 0.250. The average molecular weight is 209 g/mol. The van der Waals surface area contributed by atoms with Gasteiger partial charge in [-0.15, -0.1) is 0 Å². The number of nitrogen functional groups attached to an aromatic ring is 1. The molecule has 0 bridgehead atoms. The maximum Gasteiger partial charge on any atom is 0.419 e. The molecule has 1 rings (SSSR count). The predicted octanol–water partition coefficient (Wildman–Crippen LogP) is 2.44. The Morgan fingerprint density at radius 3 is 2.29 bits per heavy atom. The van der Waals surface area contributed by atoms with Crippen LogP contribution < -0.4 is 10.5 Å². The van der Waals surface area contributed by atoms with E-state index in [0.717, 1.165) is 13.2 Å². The van der Waals surface area contributed by atoms with E-state index in [4.69, 9.17) is 5.73 Å².